The summed E-state index contributed by atoms with van der Waals surface area (Å²) in [6.45, 7) is 8.28. The van der Waals surface area contributed by atoms with Crippen LogP contribution in [0, 0.1) is 6.92 Å². The van der Waals surface area contributed by atoms with Gasteiger partial charge in [0.1, 0.15) is 0 Å². The van der Waals surface area contributed by atoms with E-state index in [1.165, 1.54) is 19.3 Å². The molecule has 0 spiro atoms. The SMILES string of the molecule is Cc1ccccc1-c1cc(C(=O)N2CCN(C(=O)NC3CCCCC3)CC2)c2cnn(C(C)C)c2n1. The van der Waals surface area contributed by atoms with Crippen molar-refractivity contribution in [2.75, 3.05) is 26.2 Å². The van der Waals surface area contributed by atoms with Gasteiger partial charge >= 0.3 is 6.03 Å². The topological polar surface area (TPSA) is 83.4 Å². The van der Waals surface area contributed by atoms with E-state index in [2.05, 4.69) is 37.3 Å². The number of fused-ring (bicyclic) bond motifs is 1. The number of aromatic nitrogens is 3. The zero-order valence-electron chi connectivity index (χ0n) is 21.5. The molecule has 36 heavy (non-hydrogen) atoms. The summed E-state index contributed by atoms with van der Waals surface area (Å²) in [6, 6.07) is 10.4. The number of nitrogens with zero attached hydrogens (tertiary/aromatic N) is 5. The monoisotopic (exact) mass is 488 g/mol. The first-order valence-electron chi connectivity index (χ1n) is 13.2. The summed E-state index contributed by atoms with van der Waals surface area (Å²) < 4.78 is 1.88. The zero-order valence-corrected chi connectivity index (χ0v) is 21.5. The highest BCUT2D eigenvalue weighted by Crippen LogP contribution is 2.29. The molecule has 1 aromatic carbocycles. The van der Waals surface area contributed by atoms with Gasteiger partial charge in [-0.25, -0.2) is 14.5 Å². The summed E-state index contributed by atoms with van der Waals surface area (Å²) in [5.74, 6) is -0.0344. The van der Waals surface area contributed by atoms with E-state index in [0.29, 0.717) is 31.7 Å². The molecule has 1 saturated heterocycles. The Bertz CT molecular complexity index is 1250. The van der Waals surface area contributed by atoms with Gasteiger partial charge in [-0.05, 0) is 45.2 Å². The molecule has 8 nitrogen and oxygen atoms in total. The molecule has 1 saturated carbocycles. The molecule has 2 fully saturated rings. The Hall–Kier alpha value is -3.42. The van der Waals surface area contributed by atoms with Crippen LogP contribution in [0.4, 0.5) is 4.79 Å². The second-order valence-electron chi connectivity index (χ2n) is 10.4. The summed E-state index contributed by atoms with van der Waals surface area (Å²) in [4.78, 5) is 35.2. The average Bonchev–Trinajstić information content (AvgIpc) is 3.33. The molecule has 2 aromatic heterocycles. The predicted octanol–water partition coefficient (Wildman–Crippen LogP) is 4.79. The molecule has 0 bridgehead atoms. The molecule has 3 aromatic rings. The van der Waals surface area contributed by atoms with Gasteiger partial charge in [0.05, 0.1) is 22.8 Å². The van der Waals surface area contributed by atoms with E-state index in [1.54, 1.807) is 6.20 Å². The number of carbonyl (C=O) groups is 2. The van der Waals surface area contributed by atoms with Crippen LogP contribution in [-0.4, -0.2) is 68.7 Å². The highest BCUT2D eigenvalue weighted by atomic mass is 16.2. The van der Waals surface area contributed by atoms with Crippen molar-refractivity contribution < 1.29 is 9.59 Å². The Labute approximate surface area is 212 Å². The van der Waals surface area contributed by atoms with Gasteiger partial charge in [0.2, 0.25) is 0 Å². The molecule has 2 aliphatic rings. The molecule has 3 heterocycles. The number of benzene rings is 1. The summed E-state index contributed by atoms with van der Waals surface area (Å²) in [5, 5.41) is 8.52. The zero-order chi connectivity index (χ0) is 25.2. The Morgan fingerprint density at radius 3 is 2.39 bits per heavy atom. The molecule has 3 amide bonds. The number of aryl methyl sites for hydroxylation is 1. The second kappa shape index (κ2) is 10.3. The fraction of sp³-hybridized carbons (Fsp3) is 0.500. The molecule has 1 aliphatic heterocycles. The van der Waals surface area contributed by atoms with Crippen LogP contribution in [0.25, 0.3) is 22.3 Å². The quantitative estimate of drug-likeness (QED) is 0.573. The Morgan fingerprint density at radius 2 is 1.69 bits per heavy atom. The molecule has 0 radical (unpaired) electrons. The third-order valence-corrected chi connectivity index (χ3v) is 7.49. The van der Waals surface area contributed by atoms with Crippen LogP contribution in [0.2, 0.25) is 0 Å². The smallest absolute Gasteiger partial charge is 0.317 e. The Balaban J connectivity index is 1.38. The summed E-state index contributed by atoms with van der Waals surface area (Å²) in [5.41, 5.74) is 4.23. The predicted molar refractivity (Wildman–Crippen MR) is 141 cm³/mol. The number of rotatable bonds is 4. The van der Waals surface area contributed by atoms with Gasteiger partial charge in [0.15, 0.2) is 5.65 Å². The van der Waals surface area contributed by atoms with Crippen molar-refractivity contribution in [3.63, 3.8) is 0 Å². The Morgan fingerprint density at radius 1 is 1.00 bits per heavy atom. The highest BCUT2D eigenvalue weighted by Gasteiger charge is 2.28. The standard InChI is InChI=1S/C28H36N6O2/c1-19(2)34-26-24(18-29-34)23(17-25(31-26)22-12-8-7-9-20(22)3)27(35)32-13-15-33(16-14-32)28(36)30-21-10-5-4-6-11-21/h7-9,12,17-19,21H,4-6,10-11,13-16H2,1-3H3,(H,30,36). The van der Waals surface area contributed by atoms with Crippen molar-refractivity contribution in [1.29, 1.82) is 0 Å². The number of nitrogens with one attached hydrogen (secondary N) is 1. The van der Waals surface area contributed by atoms with Gasteiger partial charge in [0, 0.05) is 43.8 Å². The molecule has 0 atom stereocenters. The molecule has 8 heteroatoms. The van der Waals surface area contributed by atoms with Gasteiger partial charge in [-0.3, -0.25) is 4.79 Å². The minimum Gasteiger partial charge on any atom is -0.335 e. The molecule has 1 N–H and O–H groups in total. The van der Waals surface area contributed by atoms with Crippen LogP contribution in [0.15, 0.2) is 36.5 Å². The Kier molecular flexibility index (Phi) is 6.94. The number of urea groups is 1. The highest BCUT2D eigenvalue weighted by molar-refractivity contribution is 6.06. The van der Waals surface area contributed by atoms with E-state index in [9.17, 15) is 9.59 Å². The van der Waals surface area contributed by atoms with Gasteiger partial charge in [-0.15, -0.1) is 0 Å². The number of piperazine rings is 1. The number of hydrogen-bond donors (Lipinski definition) is 1. The van der Waals surface area contributed by atoms with Crippen molar-refractivity contribution in [2.24, 2.45) is 0 Å². The van der Waals surface area contributed by atoms with E-state index in [4.69, 9.17) is 4.98 Å². The minimum absolute atomic E-state index is 0.000323. The fourth-order valence-electron chi connectivity index (χ4n) is 5.37. The third-order valence-electron chi connectivity index (χ3n) is 7.49. The van der Waals surface area contributed by atoms with Crippen molar-refractivity contribution in [3.8, 4) is 11.3 Å². The van der Waals surface area contributed by atoms with Gasteiger partial charge < -0.3 is 15.1 Å². The number of hydrogen-bond acceptors (Lipinski definition) is 4. The van der Waals surface area contributed by atoms with E-state index < -0.39 is 0 Å². The summed E-state index contributed by atoms with van der Waals surface area (Å²) in [6.07, 6.45) is 7.52. The third kappa shape index (κ3) is 4.81. The number of amides is 3. The molecular formula is C28H36N6O2. The lowest BCUT2D eigenvalue weighted by molar-refractivity contribution is 0.0664. The van der Waals surface area contributed by atoms with E-state index in [0.717, 1.165) is 40.7 Å². The first-order chi connectivity index (χ1) is 17.4. The van der Waals surface area contributed by atoms with Gasteiger partial charge in [-0.2, -0.15) is 5.10 Å². The van der Waals surface area contributed by atoms with E-state index in [-0.39, 0.29) is 24.0 Å². The van der Waals surface area contributed by atoms with Crippen LogP contribution in [-0.2, 0) is 0 Å². The van der Waals surface area contributed by atoms with Crippen LogP contribution in [0.5, 0.6) is 0 Å². The van der Waals surface area contributed by atoms with Crippen LogP contribution in [0.1, 0.15) is 67.9 Å². The maximum atomic E-state index is 13.8. The summed E-state index contributed by atoms with van der Waals surface area (Å²) >= 11 is 0. The van der Waals surface area contributed by atoms with Crippen LogP contribution < -0.4 is 5.32 Å². The lowest BCUT2D eigenvalue weighted by Crippen LogP contribution is -2.54. The van der Waals surface area contributed by atoms with E-state index >= 15 is 0 Å². The van der Waals surface area contributed by atoms with Gasteiger partial charge in [0.25, 0.3) is 5.91 Å². The normalized spacial score (nSPS) is 17.1. The molecular weight excluding hydrogens is 452 g/mol. The second-order valence-corrected chi connectivity index (χ2v) is 10.4. The maximum Gasteiger partial charge on any atom is 0.317 e. The van der Waals surface area contributed by atoms with Crippen molar-refractivity contribution in [3.05, 3.63) is 47.7 Å². The van der Waals surface area contributed by atoms with Crippen molar-refractivity contribution >= 4 is 23.0 Å². The summed E-state index contributed by atoms with van der Waals surface area (Å²) in [7, 11) is 0. The lowest BCUT2D eigenvalue weighted by Gasteiger charge is -2.36. The largest absolute Gasteiger partial charge is 0.335 e. The first kappa shape index (κ1) is 24.3. The molecule has 1 aliphatic carbocycles. The maximum absolute atomic E-state index is 13.8. The van der Waals surface area contributed by atoms with Gasteiger partial charge in [-0.1, -0.05) is 43.5 Å². The van der Waals surface area contributed by atoms with Crippen LogP contribution >= 0.6 is 0 Å². The first-order valence-corrected chi connectivity index (χ1v) is 13.2. The number of pyridine rings is 1. The van der Waals surface area contributed by atoms with E-state index in [1.807, 2.05) is 38.7 Å². The van der Waals surface area contributed by atoms with Crippen LogP contribution in [0.3, 0.4) is 0 Å². The average molecular weight is 489 g/mol. The molecule has 190 valence electrons. The van der Waals surface area contributed by atoms with Crippen molar-refractivity contribution in [2.45, 2.75) is 65.0 Å². The molecule has 0 unspecified atom stereocenters. The lowest BCUT2D eigenvalue weighted by atomic mass is 9.96. The number of carbonyl (C=O) groups excluding carboxylic acids is 2. The molecule has 5 rings (SSSR count). The minimum atomic E-state index is -0.0344. The fourth-order valence-corrected chi connectivity index (χ4v) is 5.37. The van der Waals surface area contributed by atoms with Crippen molar-refractivity contribution in [1.82, 2.24) is 29.9 Å².